The van der Waals surface area contributed by atoms with Crippen LogP contribution in [0.2, 0.25) is 5.02 Å². The molecular formula is C13H17ClN2O3S2. The van der Waals surface area contributed by atoms with Gasteiger partial charge in [0.1, 0.15) is 9.88 Å². The second kappa shape index (κ2) is 6.58. The van der Waals surface area contributed by atoms with Crippen molar-refractivity contribution >= 4 is 38.8 Å². The standard InChI is InChI=1S/C13H17ClN2O3S2/c1-2-10-8-16(5-6-19-10)21(17,18)12-7-9(13(15)20)3-4-11(12)14/h3-4,7,10H,2,5-6,8H2,1H3,(H2,15,20). The molecule has 2 rings (SSSR count). The SMILES string of the molecule is CCC1CN(S(=O)(=O)c2cc(C(N)=S)ccc2Cl)CCO1. The van der Waals surface area contributed by atoms with E-state index in [1.807, 2.05) is 6.92 Å². The summed E-state index contributed by atoms with van der Waals surface area (Å²) in [5.74, 6) is 0. The predicted octanol–water partition coefficient (Wildman–Crippen LogP) is 1.77. The van der Waals surface area contributed by atoms with Crippen LogP contribution < -0.4 is 5.73 Å². The lowest BCUT2D eigenvalue weighted by Crippen LogP contribution is -2.45. The third kappa shape index (κ3) is 3.54. The van der Waals surface area contributed by atoms with Gasteiger partial charge in [0.25, 0.3) is 0 Å². The van der Waals surface area contributed by atoms with Gasteiger partial charge in [0.05, 0.1) is 17.7 Å². The lowest BCUT2D eigenvalue weighted by atomic mass is 10.2. The topological polar surface area (TPSA) is 72.6 Å². The van der Waals surface area contributed by atoms with Gasteiger partial charge in [0.15, 0.2) is 0 Å². The number of benzene rings is 1. The molecule has 0 aliphatic carbocycles. The molecule has 2 N–H and O–H groups in total. The number of ether oxygens (including phenoxy) is 1. The summed E-state index contributed by atoms with van der Waals surface area (Å²) in [6.07, 6.45) is 0.665. The molecule has 1 aliphatic heterocycles. The van der Waals surface area contributed by atoms with Crippen molar-refractivity contribution in [2.24, 2.45) is 5.73 Å². The van der Waals surface area contributed by atoms with Gasteiger partial charge in [-0.05, 0) is 18.6 Å². The molecule has 0 aromatic heterocycles. The minimum absolute atomic E-state index is 0.0335. The first-order chi connectivity index (χ1) is 9.86. The molecule has 1 aliphatic rings. The Labute approximate surface area is 135 Å². The lowest BCUT2D eigenvalue weighted by Gasteiger charge is -2.31. The highest BCUT2D eigenvalue weighted by Gasteiger charge is 2.31. The lowest BCUT2D eigenvalue weighted by molar-refractivity contribution is -0.00277. The maximum atomic E-state index is 12.7. The number of sulfonamides is 1. The van der Waals surface area contributed by atoms with Crippen molar-refractivity contribution in [2.45, 2.75) is 24.3 Å². The normalized spacial score (nSPS) is 20.4. The van der Waals surface area contributed by atoms with Crippen LogP contribution in [0.25, 0.3) is 0 Å². The molecule has 8 heteroatoms. The van der Waals surface area contributed by atoms with Crippen LogP contribution in [-0.4, -0.2) is 43.5 Å². The maximum Gasteiger partial charge on any atom is 0.244 e. The largest absolute Gasteiger partial charge is 0.389 e. The Morgan fingerprint density at radius 3 is 2.90 bits per heavy atom. The summed E-state index contributed by atoms with van der Waals surface area (Å²) < 4.78 is 32.4. The Bertz CT molecular complexity index is 649. The van der Waals surface area contributed by atoms with Crippen molar-refractivity contribution < 1.29 is 13.2 Å². The summed E-state index contributed by atoms with van der Waals surface area (Å²) in [6, 6.07) is 4.54. The van der Waals surface area contributed by atoms with Crippen LogP contribution in [0, 0.1) is 0 Å². The van der Waals surface area contributed by atoms with E-state index in [1.54, 1.807) is 6.07 Å². The van der Waals surface area contributed by atoms with Crippen LogP contribution in [0.5, 0.6) is 0 Å². The van der Waals surface area contributed by atoms with Gasteiger partial charge in [0.2, 0.25) is 10.0 Å². The monoisotopic (exact) mass is 348 g/mol. The van der Waals surface area contributed by atoms with E-state index in [4.69, 9.17) is 34.3 Å². The van der Waals surface area contributed by atoms with Gasteiger partial charge in [-0.15, -0.1) is 0 Å². The van der Waals surface area contributed by atoms with Crippen LogP contribution in [0.4, 0.5) is 0 Å². The molecule has 1 fully saturated rings. The fourth-order valence-corrected chi connectivity index (χ4v) is 4.23. The van der Waals surface area contributed by atoms with Gasteiger partial charge in [-0.3, -0.25) is 0 Å². The summed E-state index contributed by atoms with van der Waals surface area (Å²) in [4.78, 5) is 0.169. The number of thiocarbonyl (C=S) groups is 1. The molecule has 0 spiro atoms. The Hall–Kier alpha value is -0.730. The number of nitrogens with two attached hydrogens (primary N) is 1. The van der Waals surface area contributed by atoms with Crippen molar-refractivity contribution in [3.05, 3.63) is 28.8 Å². The molecule has 1 aromatic carbocycles. The minimum Gasteiger partial charge on any atom is -0.389 e. The van der Waals surface area contributed by atoms with Crippen LogP contribution in [0.15, 0.2) is 23.1 Å². The van der Waals surface area contributed by atoms with E-state index in [-0.39, 0.29) is 21.0 Å². The van der Waals surface area contributed by atoms with Crippen molar-refractivity contribution in [1.29, 1.82) is 0 Å². The summed E-state index contributed by atoms with van der Waals surface area (Å²) in [7, 11) is -3.69. The molecule has 5 nitrogen and oxygen atoms in total. The van der Waals surface area contributed by atoms with Gasteiger partial charge >= 0.3 is 0 Å². The molecule has 21 heavy (non-hydrogen) atoms. The average molecular weight is 349 g/mol. The molecule has 1 unspecified atom stereocenters. The maximum absolute atomic E-state index is 12.7. The van der Waals surface area contributed by atoms with Crippen molar-refractivity contribution in [2.75, 3.05) is 19.7 Å². The average Bonchev–Trinajstić information content (AvgIpc) is 2.47. The van der Waals surface area contributed by atoms with Crippen molar-refractivity contribution in [3.63, 3.8) is 0 Å². The zero-order valence-corrected chi connectivity index (χ0v) is 14.0. The Kier molecular flexibility index (Phi) is 5.21. The minimum atomic E-state index is -3.69. The third-order valence-electron chi connectivity index (χ3n) is 3.39. The number of hydrogen-bond donors (Lipinski definition) is 1. The highest BCUT2D eigenvalue weighted by Crippen LogP contribution is 2.27. The van der Waals surface area contributed by atoms with Gasteiger partial charge in [0, 0.05) is 18.7 Å². The highest BCUT2D eigenvalue weighted by atomic mass is 35.5. The van der Waals surface area contributed by atoms with Gasteiger partial charge in [-0.2, -0.15) is 4.31 Å². The van der Waals surface area contributed by atoms with E-state index in [0.29, 0.717) is 25.3 Å². The second-order valence-electron chi connectivity index (χ2n) is 4.77. The first kappa shape index (κ1) is 16.6. The molecule has 1 atom stereocenters. The first-order valence-corrected chi connectivity index (χ1v) is 8.80. The number of halogens is 1. The summed E-state index contributed by atoms with van der Waals surface area (Å²) in [5, 5.41) is 0.162. The van der Waals surface area contributed by atoms with Gasteiger partial charge in [-0.25, -0.2) is 8.42 Å². The van der Waals surface area contributed by atoms with E-state index in [9.17, 15) is 8.42 Å². The predicted molar refractivity (Wildman–Crippen MR) is 86.1 cm³/mol. The zero-order chi connectivity index (χ0) is 15.6. The van der Waals surface area contributed by atoms with E-state index >= 15 is 0 Å². The number of nitrogens with zero attached hydrogens (tertiary/aromatic N) is 1. The fraction of sp³-hybridized carbons (Fsp3) is 0.462. The Morgan fingerprint density at radius 2 is 2.29 bits per heavy atom. The van der Waals surface area contributed by atoms with Crippen molar-refractivity contribution in [3.8, 4) is 0 Å². The van der Waals surface area contributed by atoms with Crippen LogP contribution in [0.1, 0.15) is 18.9 Å². The van der Waals surface area contributed by atoms with Gasteiger partial charge in [-0.1, -0.05) is 36.8 Å². The fourth-order valence-electron chi connectivity index (χ4n) is 2.15. The molecule has 116 valence electrons. The molecular weight excluding hydrogens is 332 g/mol. The third-order valence-corrected chi connectivity index (χ3v) is 5.97. The van der Waals surface area contributed by atoms with E-state index < -0.39 is 10.0 Å². The van der Waals surface area contributed by atoms with E-state index in [1.165, 1.54) is 16.4 Å². The van der Waals surface area contributed by atoms with Crippen LogP contribution >= 0.6 is 23.8 Å². The van der Waals surface area contributed by atoms with E-state index in [0.717, 1.165) is 6.42 Å². The Morgan fingerprint density at radius 1 is 1.57 bits per heavy atom. The molecule has 1 saturated heterocycles. The smallest absolute Gasteiger partial charge is 0.244 e. The number of morpholine rings is 1. The quantitative estimate of drug-likeness (QED) is 0.839. The van der Waals surface area contributed by atoms with E-state index in [2.05, 4.69) is 0 Å². The number of hydrogen-bond acceptors (Lipinski definition) is 4. The molecule has 0 amide bonds. The summed E-state index contributed by atoms with van der Waals surface area (Å²) in [5.41, 5.74) is 6.04. The summed E-state index contributed by atoms with van der Waals surface area (Å²) >= 11 is 10.9. The zero-order valence-electron chi connectivity index (χ0n) is 11.6. The van der Waals surface area contributed by atoms with Crippen molar-refractivity contribution in [1.82, 2.24) is 4.31 Å². The molecule has 0 bridgehead atoms. The van der Waals surface area contributed by atoms with Gasteiger partial charge < -0.3 is 10.5 Å². The van der Waals surface area contributed by atoms with Crippen LogP contribution in [-0.2, 0) is 14.8 Å². The first-order valence-electron chi connectivity index (χ1n) is 6.57. The van der Waals surface area contributed by atoms with Crippen LogP contribution in [0.3, 0.4) is 0 Å². The highest BCUT2D eigenvalue weighted by molar-refractivity contribution is 7.89. The molecule has 0 saturated carbocycles. The Balaban J connectivity index is 2.39. The molecule has 0 radical (unpaired) electrons. The molecule has 1 aromatic rings. The number of rotatable bonds is 4. The summed E-state index contributed by atoms with van der Waals surface area (Å²) in [6.45, 7) is 2.98. The second-order valence-corrected chi connectivity index (χ2v) is 7.53. The molecule has 1 heterocycles.